The Bertz CT molecular complexity index is 1510. The molecule has 0 spiro atoms. The maximum absolute atomic E-state index is 14.2. The van der Waals surface area contributed by atoms with Crippen molar-refractivity contribution in [1.82, 2.24) is 39.5 Å². The number of alkyl halides is 3. The van der Waals surface area contributed by atoms with E-state index in [1.54, 1.807) is 35.3 Å². The summed E-state index contributed by atoms with van der Waals surface area (Å²) in [7, 11) is 0. The minimum atomic E-state index is -4.67. The summed E-state index contributed by atoms with van der Waals surface area (Å²) in [5.74, 6) is -1.58. The van der Waals surface area contributed by atoms with Crippen molar-refractivity contribution in [3.63, 3.8) is 0 Å². The van der Waals surface area contributed by atoms with Crippen LogP contribution in [-0.2, 0) is 6.18 Å². The number of rotatable bonds is 5. The van der Waals surface area contributed by atoms with Crippen LogP contribution in [0.1, 0.15) is 30.8 Å². The molecule has 0 radical (unpaired) electrons. The first-order valence-electron chi connectivity index (χ1n) is 10.5. The molecule has 0 aliphatic carbocycles. The fraction of sp³-hybridized carbons (Fsp3) is 0.182. The van der Waals surface area contributed by atoms with E-state index in [1.807, 2.05) is 6.92 Å². The summed E-state index contributed by atoms with van der Waals surface area (Å²) in [5.41, 5.74) is 7.94. The Kier molecular flexibility index (Phi) is 5.38. The Balaban J connectivity index is 1.62. The van der Waals surface area contributed by atoms with Crippen LogP contribution in [0.2, 0.25) is 0 Å². The van der Waals surface area contributed by atoms with Gasteiger partial charge in [-0.05, 0) is 18.6 Å². The van der Waals surface area contributed by atoms with Crippen molar-refractivity contribution < 1.29 is 17.6 Å². The Labute approximate surface area is 195 Å². The molecule has 0 aliphatic heterocycles. The summed E-state index contributed by atoms with van der Waals surface area (Å²) in [5, 5.41) is 9.27. The molecule has 4 heterocycles. The fourth-order valence-corrected chi connectivity index (χ4v) is 3.84. The van der Waals surface area contributed by atoms with Crippen molar-refractivity contribution in [3.8, 4) is 16.9 Å². The number of nitrogen functional groups attached to an aromatic ring is 1. The first-order chi connectivity index (χ1) is 16.8. The lowest BCUT2D eigenvalue weighted by Crippen LogP contribution is -2.12. The van der Waals surface area contributed by atoms with Gasteiger partial charge in [0.15, 0.2) is 5.65 Å². The van der Waals surface area contributed by atoms with Gasteiger partial charge in [0, 0.05) is 29.7 Å². The second-order valence-corrected chi connectivity index (χ2v) is 7.64. The van der Waals surface area contributed by atoms with E-state index in [9.17, 15) is 17.6 Å². The standard InChI is InChI=1S/C22H17F4N9/c1-2-15(13-9-32-34(10-13)16-6-4-3-5-14(16)23)35-20-17(19(27)30-11-31-20)18(33-35)12-7-28-21(29-8-12)22(24,25)26/h3-11,15H,2H2,1H3,(H2,27,30,31)/t15-/m0/s1. The molecule has 178 valence electrons. The molecule has 0 fully saturated rings. The molecule has 4 aromatic heterocycles. The number of hydrogen-bond acceptors (Lipinski definition) is 7. The third kappa shape index (κ3) is 3.94. The Hall–Kier alpha value is -4.42. The van der Waals surface area contributed by atoms with E-state index in [-0.39, 0.29) is 22.8 Å². The molecule has 2 N–H and O–H groups in total. The minimum absolute atomic E-state index is 0.105. The number of nitrogens with two attached hydrogens (primary N) is 1. The number of halogens is 4. The molecule has 35 heavy (non-hydrogen) atoms. The molecule has 9 nitrogen and oxygen atoms in total. The molecular formula is C22H17F4N9. The zero-order valence-electron chi connectivity index (χ0n) is 18.1. The number of para-hydroxylation sites is 1. The molecule has 0 amide bonds. The van der Waals surface area contributed by atoms with Crippen molar-refractivity contribution in [2.24, 2.45) is 0 Å². The van der Waals surface area contributed by atoms with Crippen LogP contribution in [0, 0.1) is 5.82 Å². The van der Waals surface area contributed by atoms with Crippen molar-refractivity contribution in [2.45, 2.75) is 25.6 Å². The van der Waals surface area contributed by atoms with Gasteiger partial charge in [-0.15, -0.1) is 0 Å². The molecule has 0 saturated carbocycles. The predicted octanol–water partition coefficient (Wildman–Crippen LogP) is 4.21. The summed E-state index contributed by atoms with van der Waals surface area (Å²) >= 11 is 0. The van der Waals surface area contributed by atoms with E-state index in [0.29, 0.717) is 23.0 Å². The zero-order chi connectivity index (χ0) is 24.7. The van der Waals surface area contributed by atoms with Crippen LogP contribution < -0.4 is 5.73 Å². The Morgan fingerprint density at radius 3 is 2.46 bits per heavy atom. The van der Waals surface area contributed by atoms with Gasteiger partial charge < -0.3 is 5.73 Å². The van der Waals surface area contributed by atoms with Gasteiger partial charge in [-0.1, -0.05) is 19.1 Å². The van der Waals surface area contributed by atoms with Crippen molar-refractivity contribution in [3.05, 3.63) is 72.6 Å². The second-order valence-electron chi connectivity index (χ2n) is 7.64. The van der Waals surface area contributed by atoms with Crippen molar-refractivity contribution in [1.29, 1.82) is 0 Å². The van der Waals surface area contributed by atoms with Gasteiger partial charge in [-0.2, -0.15) is 23.4 Å². The van der Waals surface area contributed by atoms with Crippen LogP contribution in [-0.4, -0.2) is 39.5 Å². The molecule has 13 heteroatoms. The van der Waals surface area contributed by atoms with Crippen LogP contribution in [0.5, 0.6) is 0 Å². The SMILES string of the molecule is CC[C@@H](c1cnn(-c2ccccc2F)c1)n1nc(-c2cnc(C(F)(F)F)nc2)c2c(N)ncnc21. The lowest BCUT2D eigenvalue weighted by atomic mass is 10.1. The molecular weight excluding hydrogens is 466 g/mol. The number of benzene rings is 1. The Morgan fingerprint density at radius 1 is 1.03 bits per heavy atom. The topological polar surface area (TPSA) is 113 Å². The highest BCUT2D eigenvalue weighted by molar-refractivity contribution is 5.98. The van der Waals surface area contributed by atoms with E-state index < -0.39 is 23.9 Å². The van der Waals surface area contributed by atoms with Gasteiger partial charge in [-0.3, -0.25) is 0 Å². The van der Waals surface area contributed by atoms with E-state index in [4.69, 9.17) is 5.73 Å². The first kappa shape index (κ1) is 22.4. The summed E-state index contributed by atoms with van der Waals surface area (Å²) in [6, 6.07) is 5.84. The molecule has 0 bridgehead atoms. The zero-order valence-corrected chi connectivity index (χ0v) is 18.1. The second kappa shape index (κ2) is 8.42. The highest BCUT2D eigenvalue weighted by Crippen LogP contribution is 2.34. The molecule has 5 rings (SSSR count). The molecule has 5 aromatic rings. The number of aromatic nitrogens is 8. The summed E-state index contributed by atoms with van der Waals surface area (Å²) in [6.07, 6.45) is 2.50. The van der Waals surface area contributed by atoms with Gasteiger partial charge in [0.25, 0.3) is 0 Å². The third-order valence-electron chi connectivity index (χ3n) is 5.47. The van der Waals surface area contributed by atoms with E-state index >= 15 is 0 Å². The molecule has 1 atom stereocenters. The van der Waals surface area contributed by atoms with Crippen molar-refractivity contribution in [2.75, 3.05) is 5.73 Å². The highest BCUT2D eigenvalue weighted by atomic mass is 19.4. The van der Waals surface area contributed by atoms with Crippen LogP contribution >= 0.6 is 0 Å². The maximum atomic E-state index is 14.2. The quantitative estimate of drug-likeness (QED) is 0.373. The number of hydrogen-bond donors (Lipinski definition) is 1. The normalized spacial score (nSPS) is 12.8. The average Bonchev–Trinajstić information content (AvgIpc) is 3.46. The van der Waals surface area contributed by atoms with Gasteiger partial charge in [-0.25, -0.2) is 33.7 Å². The van der Waals surface area contributed by atoms with Crippen LogP contribution in [0.3, 0.4) is 0 Å². The Morgan fingerprint density at radius 2 is 1.77 bits per heavy atom. The molecule has 0 saturated heterocycles. The maximum Gasteiger partial charge on any atom is 0.451 e. The number of anilines is 1. The lowest BCUT2D eigenvalue weighted by Gasteiger charge is -2.14. The largest absolute Gasteiger partial charge is 0.451 e. The van der Waals surface area contributed by atoms with Crippen LogP contribution in [0.4, 0.5) is 23.4 Å². The van der Waals surface area contributed by atoms with Gasteiger partial charge in [0.1, 0.15) is 29.3 Å². The summed E-state index contributed by atoms with van der Waals surface area (Å²) in [4.78, 5) is 15.2. The summed E-state index contributed by atoms with van der Waals surface area (Å²) in [6.45, 7) is 1.92. The average molecular weight is 483 g/mol. The first-order valence-corrected chi connectivity index (χ1v) is 10.5. The van der Waals surface area contributed by atoms with Crippen molar-refractivity contribution >= 4 is 16.9 Å². The van der Waals surface area contributed by atoms with Gasteiger partial charge in [0.2, 0.25) is 5.82 Å². The van der Waals surface area contributed by atoms with Gasteiger partial charge in [0.05, 0.1) is 17.6 Å². The summed E-state index contributed by atoms with van der Waals surface area (Å²) < 4.78 is 56.0. The predicted molar refractivity (Wildman–Crippen MR) is 118 cm³/mol. The fourth-order valence-electron chi connectivity index (χ4n) is 3.84. The minimum Gasteiger partial charge on any atom is -0.383 e. The van der Waals surface area contributed by atoms with E-state index in [1.165, 1.54) is 17.1 Å². The van der Waals surface area contributed by atoms with Crippen LogP contribution in [0.15, 0.2) is 55.4 Å². The lowest BCUT2D eigenvalue weighted by molar-refractivity contribution is -0.144. The third-order valence-corrected chi connectivity index (χ3v) is 5.47. The van der Waals surface area contributed by atoms with E-state index in [2.05, 4.69) is 30.1 Å². The number of nitrogens with zero attached hydrogens (tertiary/aromatic N) is 8. The molecule has 1 aromatic carbocycles. The van der Waals surface area contributed by atoms with Gasteiger partial charge >= 0.3 is 6.18 Å². The monoisotopic (exact) mass is 483 g/mol. The molecule has 0 aliphatic rings. The number of fused-ring (bicyclic) bond motifs is 1. The highest BCUT2D eigenvalue weighted by Gasteiger charge is 2.34. The van der Waals surface area contributed by atoms with Crippen LogP contribution in [0.25, 0.3) is 28.0 Å². The smallest absolute Gasteiger partial charge is 0.383 e. The molecule has 0 unspecified atom stereocenters. The van der Waals surface area contributed by atoms with E-state index in [0.717, 1.165) is 12.4 Å².